The van der Waals surface area contributed by atoms with Gasteiger partial charge in [0.25, 0.3) is 0 Å². The van der Waals surface area contributed by atoms with Gasteiger partial charge in [-0.25, -0.2) is 0 Å². The standard InChI is InChI=1S/C10H22N2O/c1-13-7-6-12-8-9-4-2-3-5-10(9)11/h9-10,12H,2-8,11H2,1H3. The monoisotopic (exact) mass is 186 g/mol. The molecule has 1 fully saturated rings. The maximum atomic E-state index is 6.02. The zero-order valence-corrected chi connectivity index (χ0v) is 8.59. The van der Waals surface area contributed by atoms with E-state index in [0.29, 0.717) is 12.0 Å². The van der Waals surface area contributed by atoms with Crippen molar-refractivity contribution in [3.05, 3.63) is 0 Å². The molecule has 3 N–H and O–H groups in total. The first kappa shape index (κ1) is 11.0. The lowest BCUT2D eigenvalue weighted by atomic mass is 9.85. The lowest BCUT2D eigenvalue weighted by molar-refractivity contribution is 0.194. The van der Waals surface area contributed by atoms with Gasteiger partial charge in [-0.15, -0.1) is 0 Å². The molecule has 1 rings (SSSR count). The second kappa shape index (κ2) is 6.35. The first-order valence-electron chi connectivity index (χ1n) is 5.30. The lowest BCUT2D eigenvalue weighted by Crippen LogP contribution is -2.40. The number of ether oxygens (including phenoxy) is 1. The van der Waals surface area contributed by atoms with Crippen LogP contribution in [0.25, 0.3) is 0 Å². The first-order valence-corrected chi connectivity index (χ1v) is 5.30. The average Bonchev–Trinajstić information content (AvgIpc) is 2.15. The van der Waals surface area contributed by atoms with Crippen molar-refractivity contribution in [2.75, 3.05) is 26.8 Å². The Hall–Kier alpha value is -0.120. The van der Waals surface area contributed by atoms with Gasteiger partial charge in [0, 0.05) is 19.7 Å². The second-order valence-corrected chi connectivity index (χ2v) is 3.91. The fourth-order valence-electron chi connectivity index (χ4n) is 1.95. The van der Waals surface area contributed by atoms with E-state index in [9.17, 15) is 0 Å². The van der Waals surface area contributed by atoms with E-state index in [1.807, 2.05) is 0 Å². The van der Waals surface area contributed by atoms with Gasteiger partial charge >= 0.3 is 0 Å². The van der Waals surface area contributed by atoms with E-state index in [2.05, 4.69) is 5.32 Å². The van der Waals surface area contributed by atoms with Crippen LogP contribution in [0.3, 0.4) is 0 Å². The van der Waals surface area contributed by atoms with Crippen LogP contribution in [-0.2, 0) is 4.74 Å². The fourth-order valence-corrected chi connectivity index (χ4v) is 1.95. The van der Waals surface area contributed by atoms with E-state index < -0.39 is 0 Å². The average molecular weight is 186 g/mol. The highest BCUT2D eigenvalue weighted by Crippen LogP contribution is 2.21. The molecule has 3 heteroatoms. The number of nitrogens with two attached hydrogens (primary N) is 1. The smallest absolute Gasteiger partial charge is 0.0587 e. The van der Waals surface area contributed by atoms with Gasteiger partial charge in [-0.05, 0) is 25.3 Å². The summed E-state index contributed by atoms with van der Waals surface area (Å²) in [6.45, 7) is 2.80. The summed E-state index contributed by atoms with van der Waals surface area (Å²) in [4.78, 5) is 0. The van der Waals surface area contributed by atoms with Gasteiger partial charge in [0.15, 0.2) is 0 Å². The Morgan fingerprint density at radius 1 is 1.38 bits per heavy atom. The molecule has 13 heavy (non-hydrogen) atoms. The summed E-state index contributed by atoms with van der Waals surface area (Å²) in [7, 11) is 1.73. The second-order valence-electron chi connectivity index (χ2n) is 3.91. The summed E-state index contributed by atoms with van der Waals surface area (Å²) in [6, 6.07) is 0.420. The Labute approximate surface area is 81.0 Å². The van der Waals surface area contributed by atoms with Crippen LogP contribution in [0.15, 0.2) is 0 Å². The topological polar surface area (TPSA) is 47.3 Å². The molecule has 0 radical (unpaired) electrons. The zero-order valence-electron chi connectivity index (χ0n) is 8.59. The van der Waals surface area contributed by atoms with Crippen LogP contribution in [0.1, 0.15) is 25.7 Å². The molecular weight excluding hydrogens is 164 g/mol. The molecule has 0 heterocycles. The number of nitrogens with one attached hydrogen (secondary N) is 1. The number of hydrogen-bond acceptors (Lipinski definition) is 3. The van der Waals surface area contributed by atoms with E-state index in [0.717, 1.165) is 19.7 Å². The highest BCUT2D eigenvalue weighted by molar-refractivity contribution is 4.79. The van der Waals surface area contributed by atoms with E-state index >= 15 is 0 Å². The third kappa shape index (κ3) is 4.07. The number of hydrogen-bond donors (Lipinski definition) is 2. The molecule has 1 aliphatic rings. The van der Waals surface area contributed by atoms with Crippen molar-refractivity contribution in [2.24, 2.45) is 11.7 Å². The van der Waals surface area contributed by atoms with Crippen molar-refractivity contribution in [3.63, 3.8) is 0 Å². The van der Waals surface area contributed by atoms with Crippen LogP contribution in [-0.4, -0.2) is 32.8 Å². The minimum Gasteiger partial charge on any atom is -0.383 e. The SMILES string of the molecule is COCCNCC1CCCCC1N. The third-order valence-corrected chi connectivity index (χ3v) is 2.86. The van der Waals surface area contributed by atoms with Gasteiger partial charge in [-0.3, -0.25) is 0 Å². The van der Waals surface area contributed by atoms with Gasteiger partial charge in [0.05, 0.1) is 6.61 Å². The largest absolute Gasteiger partial charge is 0.383 e. The quantitative estimate of drug-likeness (QED) is 0.623. The summed E-state index contributed by atoms with van der Waals surface area (Å²) in [5, 5.41) is 3.38. The summed E-state index contributed by atoms with van der Waals surface area (Å²) < 4.78 is 4.96. The Kier molecular flexibility index (Phi) is 5.35. The third-order valence-electron chi connectivity index (χ3n) is 2.86. The van der Waals surface area contributed by atoms with Crippen molar-refractivity contribution in [1.82, 2.24) is 5.32 Å². The molecule has 2 unspecified atom stereocenters. The van der Waals surface area contributed by atoms with Crippen molar-refractivity contribution in [1.29, 1.82) is 0 Å². The van der Waals surface area contributed by atoms with Gasteiger partial charge < -0.3 is 15.8 Å². The normalized spacial score (nSPS) is 29.1. The molecule has 3 nitrogen and oxygen atoms in total. The Balaban J connectivity index is 2.05. The van der Waals surface area contributed by atoms with Gasteiger partial charge in [0.1, 0.15) is 0 Å². The van der Waals surface area contributed by atoms with Gasteiger partial charge in [0.2, 0.25) is 0 Å². The lowest BCUT2D eigenvalue weighted by Gasteiger charge is -2.28. The van der Waals surface area contributed by atoms with Gasteiger partial charge in [-0.2, -0.15) is 0 Å². The van der Waals surface area contributed by atoms with Crippen molar-refractivity contribution in [3.8, 4) is 0 Å². The molecule has 1 saturated carbocycles. The molecule has 0 aromatic carbocycles. The summed E-state index contributed by atoms with van der Waals surface area (Å²) in [5.74, 6) is 0.686. The van der Waals surface area contributed by atoms with Crippen LogP contribution in [0.2, 0.25) is 0 Å². The van der Waals surface area contributed by atoms with E-state index in [4.69, 9.17) is 10.5 Å². The Morgan fingerprint density at radius 2 is 2.15 bits per heavy atom. The van der Waals surface area contributed by atoms with E-state index in [1.54, 1.807) is 7.11 Å². The van der Waals surface area contributed by atoms with Crippen molar-refractivity contribution < 1.29 is 4.74 Å². The molecule has 1 aliphatic carbocycles. The zero-order chi connectivity index (χ0) is 9.52. The number of methoxy groups -OCH3 is 1. The molecule has 0 aromatic heterocycles. The van der Waals surface area contributed by atoms with Crippen LogP contribution >= 0.6 is 0 Å². The van der Waals surface area contributed by atoms with Crippen LogP contribution in [0, 0.1) is 5.92 Å². The molecule has 0 aliphatic heterocycles. The number of rotatable bonds is 5. The summed E-state index contributed by atoms with van der Waals surface area (Å²) >= 11 is 0. The highest BCUT2D eigenvalue weighted by atomic mass is 16.5. The molecule has 0 bridgehead atoms. The molecule has 0 aromatic rings. The molecule has 0 spiro atoms. The maximum absolute atomic E-state index is 6.02. The maximum Gasteiger partial charge on any atom is 0.0587 e. The predicted molar refractivity (Wildman–Crippen MR) is 54.7 cm³/mol. The summed E-state index contributed by atoms with van der Waals surface area (Å²) in [6.07, 6.45) is 5.16. The van der Waals surface area contributed by atoms with E-state index in [1.165, 1.54) is 25.7 Å². The minimum atomic E-state index is 0.420. The van der Waals surface area contributed by atoms with Crippen molar-refractivity contribution >= 4 is 0 Å². The van der Waals surface area contributed by atoms with Crippen LogP contribution < -0.4 is 11.1 Å². The predicted octanol–water partition coefficient (Wildman–Crippen LogP) is 0.740. The molecular formula is C10H22N2O. The molecule has 0 amide bonds. The first-order chi connectivity index (χ1) is 6.34. The van der Waals surface area contributed by atoms with Crippen LogP contribution in [0.4, 0.5) is 0 Å². The van der Waals surface area contributed by atoms with Gasteiger partial charge in [-0.1, -0.05) is 12.8 Å². The fraction of sp³-hybridized carbons (Fsp3) is 1.00. The minimum absolute atomic E-state index is 0.420. The van der Waals surface area contributed by atoms with Crippen LogP contribution in [0.5, 0.6) is 0 Å². The molecule has 78 valence electrons. The van der Waals surface area contributed by atoms with E-state index in [-0.39, 0.29) is 0 Å². The molecule has 0 saturated heterocycles. The van der Waals surface area contributed by atoms with Crippen molar-refractivity contribution in [2.45, 2.75) is 31.7 Å². The highest BCUT2D eigenvalue weighted by Gasteiger charge is 2.20. The molecule has 2 atom stereocenters. The Bertz CT molecular complexity index is 130. The summed E-state index contributed by atoms with van der Waals surface area (Å²) in [5.41, 5.74) is 6.02. The Morgan fingerprint density at radius 3 is 2.85 bits per heavy atom.